The summed E-state index contributed by atoms with van der Waals surface area (Å²) in [6.45, 7) is 6.24. The molecule has 0 saturated carbocycles. The molecule has 0 heterocycles. The zero-order valence-electron chi connectivity index (χ0n) is 14.5. The Labute approximate surface area is 151 Å². The second kappa shape index (κ2) is 8.84. The summed E-state index contributed by atoms with van der Waals surface area (Å²) in [5, 5.41) is 2.40. The van der Waals surface area contributed by atoms with Gasteiger partial charge in [0, 0.05) is 13.1 Å². The average Bonchev–Trinajstić information content (AvgIpc) is 2.61. The topological polar surface area (TPSA) is 67.6 Å². The number of hydrogen-bond donors (Lipinski definition) is 2. The van der Waals surface area contributed by atoms with Crippen molar-refractivity contribution in [3.8, 4) is 0 Å². The molecule has 0 aromatic heterocycles. The van der Waals surface area contributed by atoms with Crippen LogP contribution >= 0.6 is 0 Å². The Morgan fingerprint density at radius 3 is 2.58 bits per heavy atom. The Hall–Kier alpha value is -3.09. The van der Waals surface area contributed by atoms with Crippen LogP contribution in [0.4, 0.5) is 30.6 Å². The summed E-state index contributed by atoms with van der Waals surface area (Å²) in [4.78, 5) is 13.2. The molecule has 2 rings (SSSR count). The Morgan fingerprint density at radius 1 is 1.27 bits per heavy atom. The Morgan fingerprint density at radius 2 is 1.96 bits per heavy atom. The third kappa shape index (κ3) is 4.72. The molecular weight excluding hydrogens is 340 g/mol. The van der Waals surface area contributed by atoms with Crippen LogP contribution in [0.5, 0.6) is 0 Å². The number of rotatable bonds is 7. The number of anilines is 3. The molecule has 5 nitrogen and oxygen atoms in total. The lowest BCUT2D eigenvalue weighted by atomic mass is 10.1. The van der Waals surface area contributed by atoms with E-state index in [4.69, 9.17) is 10.5 Å². The maximum absolute atomic E-state index is 14.8. The molecular formula is C19H21F2N3O2. The third-order valence-corrected chi connectivity index (χ3v) is 3.65. The molecule has 0 fully saturated rings. The quantitative estimate of drug-likeness (QED) is 0.570. The number of halogens is 2. The van der Waals surface area contributed by atoms with Crippen LogP contribution in [0.25, 0.3) is 0 Å². The zero-order chi connectivity index (χ0) is 19.1. The van der Waals surface area contributed by atoms with Gasteiger partial charge in [0.15, 0.2) is 5.82 Å². The molecule has 1 amide bonds. The smallest absolute Gasteiger partial charge is 0.411 e. The predicted octanol–water partition coefficient (Wildman–Crippen LogP) is 4.31. The number of benzene rings is 2. The number of nitrogens with zero attached hydrogens (tertiary/aromatic N) is 1. The standard InChI is InChI=1S/C19H21F2N3O2/c1-3-11-24(12-13-5-7-14(20)8-6-13)16-10-9-15(18(22)17(16)21)23-19(25)26-4-2/h3,5-10H,1,4,11-12,22H2,2H3,(H,23,25). The molecule has 0 spiro atoms. The first-order chi connectivity index (χ1) is 12.5. The molecule has 0 atom stereocenters. The third-order valence-electron chi connectivity index (χ3n) is 3.65. The van der Waals surface area contributed by atoms with Crippen LogP contribution in [0, 0.1) is 11.6 Å². The normalized spacial score (nSPS) is 10.3. The van der Waals surface area contributed by atoms with Gasteiger partial charge < -0.3 is 15.4 Å². The van der Waals surface area contributed by atoms with Crippen LogP contribution in [0.1, 0.15) is 12.5 Å². The lowest BCUT2D eigenvalue weighted by Crippen LogP contribution is -2.24. The molecule has 138 valence electrons. The Balaban J connectivity index is 2.27. The van der Waals surface area contributed by atoms with Gasteiger partial charge >= 0.3 is 6.09 Å². The minimum absolute atomic E-state index is 0.130. The van der Waals surface area contributed by atoms with E-state index in [9.17, 15) is 13.6 Å². The first kappa shape index (κ1) is 19.2. The van der Waals surface area contributed by atoms with Crippen molar-refractivity contribution in [2.24, 2.45) is 0 Å². The fourth-order valence-electron chi connectivity index (χ4n) is 2.43. The van der Waals surface area contributed by atoms with Gasteiger partial charge in [-0.15, -0.1) is 6.58 Å². The SMILES string of the molecule is C=CCN(Cc1ccc(F)cc1)c1ccc(NC(=O)OCC)c(N)c1F. The summed E-state index contributed by atoms with van der Waals surface area (Å²) in [7, 11) is 0. The monoisotopic (exact) mass is 361 g/mol. The number of carbonyl (C=O) groups excluding carboxylic acids is 1. The van der Waals surface area contributed by atoms with Crippen LogP contribution in [0.15, 0.2) is 49.1 Å². The minimum Gasteiger partial charge on any atom is -0.450 e. The fourth-order valence-corrected chi connectivity index (χ4v) is 2.43. The van der Waals surface area contributed by atoms with Crippen molar-refractivity contribution >= 4 is 23.2 Å². The number of ether oxygens (including phenoxy) is 1. The summed E-state index contributed by atoms with van der Waals surface area (Å²) < 4.78 is 32.6. The molecule has 26 heavy (non-hydrogen) atoms. The van der Waals surface area contributed by atoms with Gasteiger partial charge in [0.1, 0.15) is 5.82 Å². The highest BCUT2D eigenvalue weighted by Crippen LogP contribution is 2.31. The first-order valence-electron chi connectivity index (χ1n) is 8.08. The highest BCUT2D eigenvalue weighted by molar-refractivity contribution is 5.90. The van der Waals surface area contributed by atoms with E-state index in [0.29, 0.717) is 13.1 Å². The van der Waals surface area contributed by atoms with E-state index >= 15 is 0 Å². The molecule has 0 aliphatic carbocycles. The van der Waals surface area contributed by atoms with Gasteiger partial charge in [-0.25, -0.2) is 13.6 Å². The van der Waals surface area contributed by atoms with Crippen molar-refractivity contribution < 1.29 is 18.3 Å². The van der Waals surface area contributed by atoms with Crippen molar-refractivity contribution in [3.63, 3.8) is 0 Å². The number of amides is 1. The van der Waals surface area contributed by atoms with E-state index in [1.54, 1.807) is 30.0 Å². The summed E-state index contributed by atoms with van der Waals surface area (Å²) >= 11 is 0. The maximum atomic E-state index is 14.8. The van der Waals surface area contributed by atoms with E-state index in [1.807, 2.05) is 0 Å². The largest absolute Gasteiger partial charge is 0.450 e. The molecule has 0 aliphatic rings. The minimum atomic E-state index is -0.708. The van der Waals surface area contributed by atoms with Crippen molar-refractivity contribution in [2.75, 3.05) is 29.1 Å². The zero-order valence-corrected chi connectivity index (χ0v) is 14.5. The van der Waals surface area contributed by atoms with E-state index in [-0.39, 0.29) is 29.5 Å². The number of hydrogen-bond acceptors (Lipinski definition) is 4. The molecule has 0 radical (unpaired) electrons. The molecule has 0 saturated heterocycles. The van der Waals surface area contributed by atoms with E-state index in [0.717, 1.165) is 5.56 Å². The van der Waals surface area contributed by atoms with Crippen LogP contribution in [0.3, 0.4) is 0 Å². The van der Waals surface area contributed by atoms with Crippen molar-refractivity contribution in [1.29, 1.82) is 0 Å². The summed E-state index contributed by atoms with van der Waals surface area (Å²) in [5.74, 6) is -1.00. The lowest BCUT2D eigenvalue weighted by molar-refractivity contribution is 0.168. The van der Waals surface area contributed by atoms with Crippen LogP contribution in [-0.2, 0) is 11.3 Å². The van der Waals surface area contributed by atoms with E-state index < -0.39 is 11.9 Å². The highest BCUT2D eigenvalue weighted by atomic mass is 19.1. The first-order valence-corrected chi connectivity index (χ1v) is 8.08. The average molecular weight is 361 g/mol. The molecule has 0 bridgehead atoms. The van der Waals surface area contributed by atoms with Crippen LogP contribution in [0.2, 0.25) is 0 Å². The van der Waals surface area contributed by atoms with Crippen LogP contribution < -0.4 is 16.0 Å². The molecule has 7 heteroatoms. The lowest BCUT2D eigenvalue weighted by Gasteiger charge is -2.25. The fraction of sp³-hybridized carbons (Fsp3) is 0.211. The van der Waals surface area contributed by atoms with Crippen molar-refractivity contribution in [2.45, 2.75) is 13.5 Å². The second-order valence-corrected chi connectivity index (χ2v) is 5.50. The number of nitrogens with one attached hydrogen (secondary N) is 1. The molecule has 0 unspecified atom stereocenters. The van der Waals surface area contributed by atoms with Crippen molar-refractivity contribution in [3.05, 3.63) is 66.3 Å². The number of nitrogens with two attached hydrogens (primary N) is 1. The molecule has 3 N–H and O–H groups in total. The Bertz CT molecular complexity index is 779. The molecule has 2 aromatic carbocycles. The molecule has 2 aromatic rings. The summed E-state index contributed by atoms with van der Waals surface area (Å²) in [6, 6.07) is 8.97. The number of carbonyl (C=O) groups is 1. The van der Waals surface area contributed by atoms with Gasteiger partial charge in [-0.05, 0) is 36.8 Å². The van der Waals surface area contributed by atoms with Gasteiger partial charge in [-0.2, -0.15) is 0 Å². The summed E-state index contributed by atoms with van der Waals surface area (Å²) in [5.41, 5.74) is 6.82. The van der Waals surface area contributed by atoms with E-state index in [1.165, 1.54) is 24.3 Å². The number of nitrogen functional groups attached to an aromatic ring is 1. The van der Waals surface area contributed by atoms with Gasteiger partial charge in [-0.1, -0.05) is 18.2 Å². The van der Waals surface area contributed by atoms with Gasteiger partial charge in [0.05, 0.1) is 23.7 Å². The van der Waals surface area contributed by atoms with Crippen molar-refractivity contribution in [1.82, 2.24) is 0 Å². The maximum Gasteiger partial charge on any atom is 0.411 e. The van der Waals surface area contributed by atoms with Gasteiger partial charge in [0.25, 0.3) is 0 Å². The predicted molar refractivity (Wildman–Crippen MR) is 99.1 cm³/mol. The van der Waals surface area contributed by atoms with E-state index in [2.05, 4.69) is 11.9 Å². The van der Waals surface area contributed by atoms with Crippen LogP contribution in [-0.4, -0.2) is 19.2 Å². The molecule has 0 aliphatic heterocycles. The van der Waals surface area contributed by atoms with Gasteiger partial charge in [-0.3, -0.25) is 5.32 Å². The highest BCUT2D eigenvalue weighted by Gasteiger charge is 2.17. The second-order valence-electron chi connectivity index (χ2n) is 5.50. The summed E-state index contributed by atoms with van der Waals surface area (Å²) in [6.07, 6.45) is 0.921. The Kier molecular flexibility index (Phi) is 6.54. The van der Waals surface area contributed by atoms with Gasteiger partial charge in [0.2, 0.25) is 0 Å².